The fraction of sp³-hybridized carbons (Fsp3) is 0.600. The minimum Gasteiger partial charge on any atom is -0.466 e. The van der Waals surface area contributed by atoms with Crippen LogP contribution >= 0.6 is 0 Å². The summed E-state index contributed by atoms with van der Waals surface area (Å²) in [6.45, 7) is 4.29. The predicted octanol–water partition coefficient (Wildman–Crippen LogP) is 0.506. The van der Waals surface area contributed by atoms with Gasteiger partial charge < -0.3 is 9.84 Å². The lowest BCUT2D eigenvalue weighted by atomic mass is 10.2. The van der Waals surface area contributed by atoms with E-state index in [0.717, 1.165) is 5.69 Å². The van der Waals surface area contributed by atoms with Crippen LogP contribution in [0.2, 0.25) is 0 Å². The minimum atomic E-state index is -0.748. The Morgan fingerprint density at radius 3 is 3.00 bits per heavy atom. The van der Waals surface area contributed by atoms with Gasteiger partial charge in [0.25, 0.3) is 0 Å². The Balaban J connectivity index is 2.39. The van der Waals surface area contributed by atoms with Crippen LogP contribution in [0.15, 0.2) is 12.3 Å². The number of aromatic nitrogens is 2. The number of nitrogens with zero attached hydrogens (tertiary/aromatic N) is 2. The van der Waals surface area contributed by atoms with E-state index in [4.69, 9.17) is 4.74 Å². The SMILES string of the molecule is CCOC(=O)CC(O)Cn1nccc1C. The highest BCUT2D eigenvalue weighted by Crippen LogP contribution is 2.02. The molecular formula is C10H16N2O3. The standard InChI is InChI=1S/C10H16N2O3/c1-3-15-10(14)6-9(13)7-12-8(2)4-5-11-12/h4-5,9,13H,3,6-7H2,1-2H3. The summed E-state index contributed by atoms with van der Waals surface area (Å²) in [7, 11) is 0. The molecule has 1 atom stereocenters. The molecule has 0 fully saturated rings. The number of rotatable bonds is 5. The van der Waals surface area contributed by atoms with E-state index in [0.29, 0.717) is 13.2 Å². The number of aliphatic hydroxyl groups is 1. The summed E-state index contributed by atoms with van der Waals surface area (Å²) in [6, 6.07) is 1.84. The Morgan fingerprint density at radius 2 is 2.47 bits per heavy atom. The number of hydrogen-bond acceptors (Lipinski definition) is 4. The molecule has 0 aliphatic heterocycles. The Kier molecular flexibility index (Phi) is 4.30. The highest BCUT2D eigenvalue weighted by atomic mass is 16.5. The highest BCUT2D eigenvalue weighted by molar-refractivity contribution is 5.69. The van der Waals surface area contributed by atoms with Crippen molar-refractivity contribution in [3.05, 3.63) is 18.0 Å². The molecule has 0 saturated heterocycles. The zero-order chi connectivity index (χ0) is 11.3. The fourth-order valence-electron chi connectivity index (χ4n) is 1.27. The van der Waals surface area contributed by atoms with Crippen molar-refractivity contribution in [1.29, 1.82) is 0 Å². The van der Waals surface area contributed by atoms with Gasteiger partial charge in [0, 0.05) is 11.9 Å². The van der Waals surface area contributed by atoms with Gasteiger partial charge in [-0.15, -0.1) is 0 Å². The molecule has 0 radical (unpaired) electrons. The first kappa shape index (κ1) is 11.7. The quantitative estimate of drug-likeness (QED) is 0.722. The van der Waals surface area contributed by atoms with Gasteiger partial charge in [-0.05, 0) is 19.9 Å². The van der Waals surface area contributed by atoms with Crippen molar-refractivity contribution in [1.82, 2.24) is 9.78 Å². The average molecular weight is 212 g/mol. The van der Waals surface area contributed by atoms with E-state index in [1.807, 2.05) is 13.0 Å². The van der Waals surface area contributed by atoms with Crippen molar-refractivity contribution in [2.24, 2.45) is 0 Å². The number of ether oxygens (including phenoxy) is 1. The lowest BCUT2D eigenvalue weighted by Gasteiger charge is -2.11. The van der Waals surface area contributed by atoms with Crippen molar-refractivity contribution >= 4 is 5.97 Å². The molecule has 0 bridgehead atoms. The number of aryl methyl sites for hydroxylation is 1. The smallest absolute Gasteiger partial charge is 0.308 e. The lowest BCUT2D eigenvalue weighted by Crippen LogP contribution is -2.22. The fourth-order valence-corrected chi connectivity index (χ4v) is 1.27. The summed E-state index contributed by atoms with van der Waals surface area (Å²) in [5, 5.41) is 13.6. The van der Waals surface area contributed by atoms with E-state index in [1.165, 1.54) is 0 Å². The van der Waals surface area contributed by atoms with Gasteiger partial charge in [0.2, 0.25) is 0 Å². The predicted molar refractivity (Wildman–Crippen MR) is 54.2 cm³/mol. The first-order chi connectivity index (χ1) is 7.13. The van der Waals surface area contributed by atoms with E-state index in [-0.39, 0.29) is 12.4 Å². The van der Waals surface area contributed by atoms with Gasteiger partial charge in [-0.2, -0.15) is 5.10 Å². The summed E-state index contributed by atoms with van der Waals surface area (Å²) in [6.07, 6.45) is 0.919. The minimum absolute atomic E-state index is 0.00708. The molecule has 0 aliphatic carbocycles. The molecular weight excluding hydrogens is 196 g/mol. The number of aliphatic hydroxyl groups excluding tert-OH is 1. The first-order valence-electron chi connectivity index (χ1n) is 4.95. The van der Waals surface area contributed by atoms with Crippen molar-refractivity contribution in [3.63, 3.8) is 0 Å². The Morgan fingerprint density at radius 1 is 1.73 bits per heavy atom. The first-order valence-corrected chi connectivity index (χ1v) is 4.95. The molecule has 1 heterocycles. The van der Waals surface area contributed by atoms with Crippen LogP contribution in [0.5, 0.6) is 0 Å². The molecule has 1 aromatic heterocycles. The molecule has 0 saturated carbocycles. The van der Waals surface area contributed by atoms with Crippen LogP contribution < -0.4 is 0 Å². The maximum absolute atomic E-state index is 11.1. The largest absolute Gasteiger partial charge is 0.466 e. The maximum Gasteiger partial charge on any atom is 0.308 e. The van der Waals surface area contributed by atoms with E-state index < -0.39 is 6.10 Å². The third-order valence-corrected chi connectivity index (χ3v) is 2.02. The van der Waals surface area contributed by atoms with Crippen LogP contribution in [-0.4, -0.2) is 33.6 Å². The second kappa shape index (κ2) is 5.50. The molecule has 0 amide bonds. The second-order valence-corrected chi connectivity index (χ2v) is 3.32. The van der Waals surface area contributed by atoms with Gasteiger partial charge in [0.15, 0.2) is 0 Å². The molecule has 1 N–H and O–H groups in total. The third-order valence-electron chi connectivity index (χ3n) is 2.02. The summed E-state index contributed by atoms with van der Waals surface area (Å²) < 4.78 is 6.39. The summed E-state index contributed by atoms with van der Waals surface area (Å²) in [4.78, 5) is 11.1. The van der Waals surface area contributed by atoms with Gasteiger partial charge in [0.1, 0.15) is 0 Å². The summed E-state index contributed by atoms with van der Waals surface area (Å²) in [5.74, 6) is -0.380. The number of hydrogen-bond donors (Lipinski definition) is 1. The average Bonchev–Trinajstić information content (AvgIpc) is 2.52. The van der Waals surface area contributed by atoms with Gasteiger partial charge in [-0.25, -0.2) is 0 Å². The zero-order valence-electron chi connectivity index (χ0n) is 9.01. The number of esters is 1. The van der Waals surface area contributed by atoms with E-state index in [2.05, 4.69) is 5.10 Å². The monoisotopic (exact) mass is 212 g/mol. The van der Waals surface area contributed by atoms with Gasteiger partial charge in [-0.1, -0.05) is 0 Å². The van der Waals surface area contributed by atoms with Crippen molar-refractivity contribution < 1.29 is 14.6 Å². The number of carbonyl (C=O) groups excluding carboxylic acids is 1. The van der Waals surface area contributed by atoms with E-state index in [9.17, 15) is 9.90 Å². The van der Waals surface area contributed by atoms with Crippen LogP contribution in [0.1, 0.15) is 19.0 Å². The van der Waals surface area contributed by atoms with Crippen molar-refractivity contribution in [2.75, 3.05) is 6.61 Å². The molecule has 84 valence electrons. The van der Waals surface area contributed by atoms with Crippen LogP contribution in [0, 0.1) is 6.92 Å². The Bertz CT molecular complexity index is 322. The van der Waals surface area contributed by atoms with Crippen LogP contribution in [0.3, 0.4) is 0 Å². The van der Waals surface area contributed by atoms with Crippen molar-refractivity contribution in [3.8, 4) is 0 Å². The van der Waals surface area contributed by atoms with Crippen LogP contribution in [0.4, 0.5) is 0 Å². The van der Waals surface area contributed by atoms with Crippen LogP contribution in [-0.2, 0) is 16.1 Å². The molecule has 1 rings (SSSR count). The highest BCUT2D eigenvalue weighted by Gasteiger charge is 2.13. The van der Waals surface area contributed by atoms with Crippen LogP contribution in [0.25, 0.3) is 0 Å². The van der Waals surface area contributed by atoms with Gasteiger partial charge >= 0.3 is 5.97 Å². The second-order valence-electron chi connectivity index (χ2n) is 3.32. The summed E-state index contributed by atoms with van der Waals surface area (Å²) >= 11 is 0. The Hall–Kier alpha value is -1.36. The molecule has 0 aliphatic rings. The normalized spacial score (nSPS) is 12.5. The van der Waals surface area contributed by atoms with Gasteiger partial charge in [0.05, 0.1) is 25.7 Å². The third kappa shape index (κ3) is 3.71. The number of carbonyl (C=O) groups is 1. The molecule has 0 aromatic carbocycles. The zero-order valence-corrected chi connectivity index (χ0v) is 9.01. The molecule has 5 heteroatoms. The molecule has 5 nitrogen and oxygen atoms in total. The Labute approximate surface area is 88.7 Å². The van der Waals surface area contributed by atoms with E-state index in [1.54, 1.807) is 17.8 Å². The lowest BCUT2D eigenvalue weighted by molar-refractivity contribution is -0.145. The molecule has 1 aromatic rings. The van der Waals surface area contributed by atoms with E-state index >= 15 is 0 Å². The van der Waals surface area contributed by atoms with Crippen molar-refractivity contribution in [2.45, 2.75) is 32.9 Å². The molecule has 15 heavy (non-hydrogen) atoms. The maximum atomic E-state index is 11.1. The topological polar surface area (TPSA) is 64.3 Å². The molecule has 1 unspecified atom stereocenters. The molecule has 0 spiro atoms. The summed E-state index contributed by atoms with van der Waals surface area (Å²) in [5.41, 5.74) is 0.956. The van der Waals surface area contributed by atoms with Gasteiger partial charge in [-0.3, -0.25) is 9.48 Å².